The lowest BCUT2D eigenvalue weighted by Gasteiger charge is -2.34. The first kappa shape index (κ1) is 15.0. The highest BCUT2D eigenvalue weighted by Crippen LogP contribution is 2.25. The van der Waals surface area contributed by atoms with Gasteiger partial charge in [0.2, 0.25) is 0 Å². The summed E-state index contributed by atoms with van der Waals surface area (Å²) in [4.78, 5) is 4.13. The molecule has 2 heterocycles. The van der Waals surface area contributed by atoms with Crippen molar-refractivity contribution in [3.8, 4) is 0 Å². The van der Waals surface area contributed by atoms with Gasteiger partial charge in [0.15, 0.2) is 0 Å². The second-order valence-electron chi connectivity index (χ2n) is 5.75. The van der Waals surface area contributed by atoms with Crippen molar-refractivity contribution in [1.82, 2.24) is 10.2 Å². The van der Waals surface area contributed by atoms with E-state index < -0.39 is 0 Å². The van der Waals surface area contributed by atoms with E-state index in [-0.39, 0.29) is 0 Å². The van der Waals surface area contributed by atoms with Gasteiger partial charge in [-0.1, -0.05) is 13.8 Å². The van der Waals surface area contributed by atoms with Gasteiger partial charge >= 0.3 is 0 Å². The zero-order valence-corrected chi connectivity index (χ0v) is 13.1. The molecule has 1 unspecified atom stereocenters. The Morgan fingerprint density at radius 3 is 3.00 bits per heavy atom. The first-order valence-corrected chi connectivity index (χ1v) is 8.07. The number of thiophene rings is 1. The van der Waals surface area contributed by atoms with E-state index >= 15 is 0 Å². The Bertz CT molecular complexity index is 378. The fourth-order valence-corrected chi connectivity index (χ4v) is 3.50. The molecule has 4 heteroatoms. The minimum absolute atomic E-state index is 0.483. The lowest BCUT2D eigenvalue weighted by atomic mass is 10.1. The monoisotopic (exact) mass is 282 g/mol. The van der Waals surface area contributed by atoms with E-state index in [1.165, 1.54) is 12.0 Å². The predicted octanol–water partition coefficient (Wildman–Crippen LogP) is 2.37. The summed E-state index contributed by atoms with van der Waals surface area (Å²) in [5.74, 6) is 0.702. The third-order valence-corrected chi connectivity index (χ3v) is 4.67. The van der Waals surface area contributed by atoms with Gasteiger partial charge in [0, 0.05) is 37.7 Å². The fourth-order valence-electron chi connectivity index (χ4n) is 2.61. The van der Waals surface area contributed by atoms with Crippen LogP contribution in [0.2, 0.25) is 0 Å². The molecule has 108 valence electrons. The smallest absolute Gasteiger partial charge is 0.0630 e. The number of hydrogen-bond acceptors (Lipinski definition) is 4. The van der Waals surface area contributed by atoms with Crippen molar-refractivity contribution >= 4 is 11.3 Å². The van der Waals surface area contributed by atoms with Crippen LogP contribution in [-0.2, 0) is 17.7 Å². The Hall–Kier alpha value is -0.420. The molecule has 0 aromatic carbocycles. The minimum Gasteiger partial charge on any atom is -0.383 e. The highest BCUT2D eigenvalue weighted by Gasteiger charge is 2.23. The molecule has 0 saturated carbocycles. The van der Waals surface area contributed by atoms with Crippen molar-refractivity contribution in [3.05, 3.63) is 21.9 Å². The maximum atomic E-state index is 5.41. The van der Waals surface area contributed by atoms with E-state index in [4.69, 9.17) is 4.74 Å². The van der Waals surface area contributed by atoms with E-state index in [2.05, 4.69) is 35.5 Å². The van der Waals surface area contributed by atoms with E-state index in [1.54, 1.807) is 12.0 Å². The van der Waals surface area contributed by atoms with Crippen molar-refractivity contribution in [2.75, 3.05) is 33.4 Å². The fraction of sp³-hybridized carbons (Fsp3) is 0.733. The lowest BCUT2D eigenvalue weighted by molar-refractivity contribution is 0.0808. The van der Waals surface area contributed by atoms with Crippen LogP contribution < -0.4 is 5.32 Å². The van der Waals surface area contributed by atoms with Crippen LogP contribution in [0.5, 0.6) is 0 Å². The quantitative estimate of drug-likeness (QED) is 0.831. The molecule has 19 heavy (non-hydrogen) atoms. The summed E-state index contributed by atoms with van der Waals surface area (Å²) in [6.45, 7) is 9.64. The second kappa shape index (κ2) is 7.39. The normalized spacial score (nSPS) is 17.7. The van der Waals surface area contributed by atoms with Gasteiger partial charge in [-0.2, -0.15) is 0 Å². The molecule has 0 bridgehead atoms. The van der Waals surface area contributed by atoms with Crippen LogP contribution in [0.3, 0.4) is 0 Å². The van der Waals surface area contributed by atoms with Crippen LogP contribution >= 0.6 is 11.3 Å². The van der Waals surface area contributed by atoms with E-state index in [0.717, 1.165) is 32.8 Å². The van der Waals surface area contributed by atoms with E-state index in [9.17, 15) is 0 Å². The van der Waals surface area contributed by atoms with Crippen LogP contribution in [0.4, 0.5) is 0 Å². The number of methoxy groups -OCH3 is 1. The molecule has 1 aromatic rings. The standard InChI is InChI=1S/C15H26N2OS/c1-12(2)8-16-9-14(11-18-3)17-6-4-15-13(10-17)5-7-19-15/h5,7,12,14,16H,4,6,8-11H2,1-3H3. The Morgan fingerprint density at radius 1 is 1.42 bits per heavy atom. The molecule has 1 aromatic heterocycles. The highest BCUT2D eigenvalue weighted by atomic mass is 32.1. The van der Waals surface area contributed by atoms with Gasteiger partial charge < -0.3 is 10.1 Å². The number of hydrogen-bond donors (Lipinski definition) is 1. The SMILES string of the molecule is COCC(CNCC(C)C)N1CCc2sccc2C1. The Kier molecular flexibility index (Phi) is 5.82. The van der Waals surface area contributed by atoms with Gasteiger partial charge in [-0.15, -0.1) is 11.3 Å². The summed E-state index contributed by atoms with van der Waals surface area (Å²) in [6, 6.07) is 2.76. The van der Waals surface area contributed by atoms with Crippen molar-refractivity contribution in [2.24, 2.45) is 5.92 Å². The first-order valence-electron chi connectivity index (χ1n) is 7.19. The molecular formula is C15H26N2OS. The van der Waals surface area contributed by atoms with Gasteiger partial charge in [-0.25, -0.2) is 0 Å². The largest absolute Gasteiger partial charge is 0.383 e. The minimum atomic E-state index is 0.483. The van der Waals surface area contributed by atoms with Crippen LogP contribution in [0.25, 0.3) is 0 Å². The molecule has 1 N–H and O–H groups in total. The number of fused-ring (bicyclic) bond motifs is 1. The number of nitrogens with one attached hydrogen (secondary N) is 1. The van der Waals surface area contributed by atoms with Gasteiger partial charge in [0.25, 0.3) is 0 Å². The summed E-state index contributed by atoms with van der Waals surface area (Å²) in [7, 11) is 1.80. The molecule has 1 atom stereocenters. The topological polar surface area (TPSA) is 24.5 Å². The van der Waals surface area contributed by atoms with Crippen LogP contribution in [-0.4, -0.2) is 44.3 Å². The molecule has 0 spiro atoms. The summed E-state index contributed by atoms with van der Waals surface area (Å²) in [6.07, 6.45) is 1.19. The first-order chi connectivity index (χ1) is 9.20. The van der Waals surface area contributed by atoms with Crippen LogP contribution in [0, 0.1) is 5.92 Å². The Morgan fingerprint density at radius 2 is 2.26 bits per heavy atom. The summed E-state index contributed by atoms with van der Waals surface area (Å²) in [5, 5.41) is 5.78. The van der Waals surface area contributed by atoms with E-state index in [0.29, 0.717) is 12.0 Å². The third kappa shape index (κ3) is 4.28. The highest BCUT2D eigenvalue weighted by molar-refractivity contribution is 7.10. The van der Waals surface area contributed by atoms with Crippen LogP contribution in [0.15, 0.2) is 11.4 Å². The number of nitrogens with zero attached hydrogens (tertiary/aromatic N) is 1. The molecule has 0 amide bonds. The maximum absolute atomic E-state index is 5.41. The van der Waals surface area contributed by atoms with Crippen molar-refractivity contribution in [3.63, 3.8) is 0 Å². The lowest BCUT2D eigenvalue weighted by Crippen LogP contribution is -2.47. The average Bonchev–Trinajstić information content (AvgIpc) is 2.84. The Balaban J connectivity index is 1.88. The molecule has 3 nitrogen and oxygen atoms in total. The molecule has 2 rings (SSSR count). The van der Waals surface area contributed by atoms with Crippen molar-refractivity contribution < 1.29 is 4.74 Å². The zero-order valence-electron chi connectivity index (χ0n) is 12.3. The number of ether oxygens (including phenoxy) is 1. The molecule has 0 fully saturated rings. The second-order valence-corrected chi connectivity index (χ2v) is 6.75. The molecule has 0 radical (unpaired) electrons. The van der Waals surface area contributed by atoms with E-state index in [1.807, 2.05) is 11.3 Å². The molecule has 1 aliphatic rings. The third-order valence-electron chi connectivity index (χ3n) is 3.65. The average molecular weight is 282 g/mol. The molecule has 1 aliphatic heterocycles. The summed E-state index contributed by atoms with van der Waals surface area (Å²) in [5.41, 5.74) is 1.52. The van der Waals surface area contributed by atoms with Gasteiger partial charge in [0.1, 0.15) is 0 Å². The zero-order chi connectivity index (χ0) is 13.7. The van der Waals surface area contributed by atoms with Gasteiger partial charge in [-0.3, -0.25) is 4.90 Å². The summed E-state index contributed by atoms with van der Waals surface area (Å²) < 4.78 is 5.41. The molecular weight excluding hydrogens is 256 g/mol. The predicted molar refractivity (Wildman–Crippen MR) is 81.8 cm³/mol. The van der Waals surface area contributed by atoms with Crippen molar-refractivity contribution in [2.45, 2.75) is 32.9 Å². The Labute approximate surface area is 121 Å². The van der Waals surface area contributed by atoms with Crippen molar-refractivity contribution in [1.29, 1.82) is 0 Å². The van der Waals surface area contributed by atoms with Gasteiger partial charge in [0.05, 0.1) is 6.61 Å². The maximum Gasteiger partial charge on any atom is 0.0630 e. The van der Waals surface area contributed by atoms with Crippen LogP contribution in [0.1, 0.15) is 24.3 Å². The summed E-state index contributed by atoms with van der Waals surface area (Å²) >= 11 is 1.90. The van der Waals surface area contributed by atoms with Gasteiger partial charge in [-0.05, 0) is 35.9 Å². The molecule has 0 saturated heterocycles. The number of rotatable bonds is 7. The molecule has 0 aliphatic carbocycles.